The Morgan fingerprint density at radius 3 is 2.56 bits per heavy atom. The van der Waals surface area contributed by atoms with Gasteiger partial charge in [0, 0.05) is 19.3 Å². The van der Waals surface area contributed by atoms with Crippen LogP contribution in [0.25, 0.3) is 0 Å². The van der Waals surface area contributed by atoms with Crippen molar-refractivity contribution in [2.75, 3.05) is 12.8 Å². The fraction of sp³-hybridized carbons (Fsp3) is 0.533. The molecule has 3 amide bonds. The zero-order valence-corrected chi connectivity index (χ0v) is 15.6. The van der Waals surface area contributed by atoms with Gasteiger partial charge in [-0.2, -0.15) is 4.31 Å². The third-order valence-electron chi connectivity index (χ3n) is 4.09. The molecule has 0 spiro atoms. The van der Waals surface area contributed by atoms with Crippen LogP contribution in [0.3, 0.4) is 0 Å². The lowest BCUT2D eigenvalue weighted by atomic mass is 9.96. The third kappa shape index (κ3) is 5.41. The maximum atomic E-state index is 12.7. The molecule has 1 aromatic rings. The molecule has 25 heavy (non-hydrogen) atoms. The van der Waals surface area contributed by atoms with Crippen LogP contribution in [-0.2, 0) is 14.8 Å². The molecular weight excluding hydrogens is 364 g/mol. The number of imide groups is 1. The summed E-state index contributed by atoms with van der Waals surface area (Å²) in [5, 5.41) is 2.43. The number of nitrogens with zero attached hydrogens (tertiary/aromatic N) is 2. The van der Waals surface area contributed by atoms with Crippen molar-refractivity contribution < 1.29 is 18.0 Å². The molecule has 1 saturated carbocycles. The van der Waals surface area contributed by atoms with E-state index in [1.165, 1.54) is 16.6 Å². The van der Waals surface area contributed by atoms with Gasteiger partial charge in [0.25, 0.3) is 0 Å². The molecule has 1 heterocycles. The van der Waals surface area contributed by atoms with Gasteiger partial charge in [-0.15, -0.1) is 0 Å². The number of aromatic nitrogens is 1. The third-order valence-corrected chi connectivity index (χ3v) is 6.93. The fourth-order valence-electron chi connectivity index (χ4n) is 2.72. The van der Waals surface area contributed by atoms with Crippen LogP contribution in [0.1, 0.15) is 32.1 Å². The first-order valence-electron chi connectivity index (χ1n) is 7.97. The Morgan fingerprint density at radius 1 is 1.32 bits per heavy atom. The second kappa shape index (κ2) is 8.63. The van der Waals surface area contributed by atoms with E-state index >= 15 is 0 Å². The van der Waals surface area contributed by atoms with Crippen molar-refractivity contribution in [2.24, 2.45) is 5.73 Å². The van der Waals surface area contributed by atoms with Gasteiger partial charge in [0.1, 0.15) is 4.90 Å². The van der Waals surface area contributed by atoms with Crippen LogP contribution in [0.2, 0.25) is 0 Å². The second-order valence-corrected chi connectivity index (χ2v) is 8.84. The summed E-state index contributed by atoms with van der Waals surface area (Å²) in [5.41, 5.74) is 4.85. The Kier molecular flexibility index (Phi) is 6.79. The van der Waals surface area contributed by atoms with E-state index in [0.717, 1.165) is 43.9 Å². The molecule has 138 valence electrons. The van der Waals surface area contributed by atoms with Gasteiger partial charge in [0.15, 0.2) is 0 Å². The number of primary amides is 1. The van der Waals surface area contributed by atoms with Gasteiger partial charge in [-0.3, -0.25) is 10.1 Å². The maximum Gasteiger partial charge on any atom is 0.318 e. The minimum Gasteiger partial charge on any atom is -0.351 e. The van der Waals surface area contributed by atoms with Gasteiger partial charge in [0.2, 0.25) is 15.9 Å². The molecule has 0 bridgehead atoms. The zero-order valence-electron chi connectivity index (χ0n) is 14.0. The predicted octanol–water partition coefficient (Wildman–Crippen LogP) is 1.32. The van der Waals surface area contributed by atoms with E-state index in [9.17, 15) is 18.0 Å². The largest absolute Gasteiger partial charge is 0.351 e. The highest BCUT2D eigenvalue weighted by atomic mass is 32.2. The van der Waals surface area contributed by atoms with Gasteiger partial charge in [-0.25, -0.2) is 18.2 Å². The van der Waals surface area contributed by atoms with E-state index in [2.05, 4.69) is 4.98 Å². The lowest BCUT2D eigenvalue weighted by Gasteiger charge is -2.30. The number of rotatable bonds is 6. The fourth-order valence-corrected chi connectivity index (χ4v) is 4.73. The number of nitrogens with two attached hydrogens (primary N) is 1. The van der Waals surface area contributed by atoms with Crippen LogP contribution in [0.5, 0.6) is 0 Å². The van der Waals surface area contributed by atoms with Crippen molar-refractivity contribution in [3.63, 3.8) is 0 Å². The highest BCUT2D eigenvalue weighted by Crippen LogP contribution is 2.26. The van der Waals surface area contributed by atoms with E-state index in [1.54, 1.807) is 13.1 Å². The lowest BCUT2D eigenvalue weighted by molar-refractivity contribution is -0.117. The SMILES string of the molecule is CN(C1CCCCC1)S(=O)(=O)c1ccc(SCC(=O)NC(N)=O)nc1. The average Bonchev–Trinajstić information content (AvgIpc) is 2.60. The van der Waals surface area contributed by atoms with Gasteiger partial charge >= 0.3 is 6.03 Å². The molecule has 2 rings (SSSR count). The average molecular weight is 386 g/mol. The van der Waals surface area contributed by atoms with Crippen molar-refractivity contribution in [2.45, 2.75) is 48.1 Å². The number of thioether (sulfide) groups is 1. The number of amides is 3. The molecule has 1 fully saturated rings. The zero-order chi connectivity index (χ0) is 18.4. The van der Waals surface area contributed by atoms with Gasteiger partial charge in [-0.05, 0) is 25.0 Å². The van der Waals surface area contributed by atoms with Crippen LogP contribution in [-0.4, -0.2) is 48.5 Å². The van der Waals surface area contributed by atoms with Gasteiger partial charge in [-0.1, -0.05) is 31.0 Å². The van der Waals surface area contributed by atoms with E-state index in [0.29, 0.717) is 5.03 Å². The number of carbonyl (C=O) groups excluding carboxylic acids is 2. The molecule has 10 heteroatoms. The van der Waals surface area contributed by atoms with E-state index in [4.69, 9.17) is 5.73 Å². The summed E-state index contributed by atoms with van der Waals surface area (Å²) in [6.07, 6.45) is 6.31. The minimum atomic E-state index is -3.58. The normalized spacial score (nSPS) is 15.9. The van der Waals surface area contributed by atoms with Crippen molar-refractivity contribution in [3.8, 4) is 0 Å². The number of hydrogen-bond acceptors (Lipinski definition) is 6. The van der Waals surface area contributed by atoms with Crippen LogP contribution in [0.4, 0.5) is 4.79 Å². The molecule has 0 aliphatic heterocycles. The molecule has 3 N–H and O–H groups in total. The number of hydrogen-bond donors (Lipinski definition) is 2. The molecule has 1 aliphatic carbocycles. The molecule has 0 aromatic carbocycles. The molecule has 8 nitrogen and oxygen atoms in total. The summed E-state index contributed by atoms with van der Waals surface area (Å²) in [4.78, 5) is 26.1. The molecule has 0 atom stereocenters. The molecule has 0 saturated heterocycles. The van der Waals surface area contributed by atoms with Crippen molar-refractivity contribution >= 4 is 33.7 Å². The Morgan fingerprint density at radius 2 is 2.00 bits per heavy atom. The maximum absolute atomic E-state index is 12.7. The standard InChI is InChI=1S/C15H22N4O4S2/c1-19(11-5-3-2-4-6-11)25(22,23)12-7-8-14(17-9-12)24-10-13(20)18-15(16)21/h7-9,11H,2-6,10H2,1H3,(H3,16,18,20,21). The minimum absolute atomic E-state index is 0.0327. The van der Waals surface area contributed by atoms with Crippen molar-refractivity contribution in [1.29, 1.82) is 0 Å². The Labute approximate surface area is 151 Å². The molecule has 1 aliphatic rings. The number of sulfonamides is 1. The number of carbonyl (C=O) groups is 2. The Bertz CT molecular complexity index is 716. The highest BCUT2D eigenvalue weighted by molar-refractivity contribution is 7.99. The Hall–Kier alpha value is -1.65. The summed E-state index contributed by atoms with van der Waals surface area (Å²) in [7, 11) is -1.97. The first kappa shape index (κ1) is 19.7. The highest BCUT2D eigenvalue weighted by Gasteiger charge is 2.29. The quantitative estimate of drug-likeness (QED) is 0.711. The first-order valence-corrected chi connectivity index (χ1v) is 10.4. The van der Waals surface area contributed by atoms with Crippen molar-refractivity contribution in [1.82, 2.24) is 14.6 Å². The number of pyridine rings is 1. The smallest absolute Gasteiger partial charge is 0.318 e. The predicted molar refractivity (Wildman–Crippen MR) is 94.5 cm³/mol. The van der Waals surface area contributed by atoms with E-state index in [1.807, 2.05) is 5.32 Å². The molecule has 0 radical (unpaired) electrons. The molecule has 1 aromatic heterocycles. The summed E-state index contributed by atoms with van der Waals surface area (Å²) < 4.78 is 26.8. The Balaban J connectivity index is 2.00. The molecule has 0 unspecified atom stereocenters. The van der Waals surface area contributed by atoms with Gasteiger partial charge < -0.3 is 5.73 Å². The number of nitrogens with one attached hydrogen (secondary N) is 1. The topological polar surface area (TPSA) is 122 Å². The second-order valence-electron chi connectivity index (χ2n) is 5.85. The van der Waals surface area contributed by atoms with Crippen LogP contribution >= 0.6 is 11.8 Å². The van der Waals surface area contributed by atoms with Crippen molar-refractivity contribution in [3.05, 3.63) is 18.3 Å². The first-order chi connectivity index (χ1) is 11.8. The van der Waals surface area contributed by atoms with Crippen LogP contribution in [0, 0.1) is 0 Å². The summed E-state index contributed by atoms with van der Waals surface area (Å²) in [6.45, 7) is 0. The summed E-state index contributed by atoms with van der Waals surface area (Å²) in [5.74, 6) is -0.572. The number of urea groups is 1. The monoisotopic (exact) mass is 386 g/mol. The van der Waals surface area contributed by atoms with E-state index in [-0.39, 0.29) is 16.7 Å². The lowest BCUT2D eigenvalue weighted by Crippen LogP contribution is -2.38. The van der Waals surface area contributed by atoms with Gasteiger partial charge in [0.05, 0.1) is 10.8 Å². The van der Waals surface area contributed by atoms with Crippen LogP contribution < -0.4 is 11.1 Å². The summed E-state index contributed by atoms with van der Waals surface area (Å²) in [6, 6.07) is 2.15. The van der Waals surface area contributed by atoms with E-state index < -0.39 is 22.0 Å². The summed E-state index contributed by atoms with van der Waals surface area (Å²) >= 11 is 1.09. The molecular formula is C15H22N4O4S2. The van der Waals surface area contributed by atoms with Crippen LogP contribution in [0.15, 0.2) is 28.3 Å².